The fraction of sp³-hybridized carbons (Fsp3) is 0.400. The van der Waals surface area contributed by atoms with Gasteiger partial charge in [0, 0.05) is 38.9 Å². The van der Waals surface area contributed by atoms with E-state index in [0.717, 1.165) is 22.9 Å². The summed E-state index contributed by atoms with van der Waals surface area (Å²) in [5.74, 6) is 0.223. The third-order valence-corrected chi connectivity index (χ3v) is 7.39. The molecule has 0 bridgehead atoms. The molecule has 9 heteroatoms. The second-order valence-corrected chi connectivity index (χ2v) is 9.14. The van der Waals surface area contributed by atoms with Crippen molar-refractivity contribution >= 4 is 21.1 Å². The van der Waals surface area contributed by atoms with Gasteiger partial charge in [-0.05, 0) is 37.1 Å². The minimum Gasteiger partial charge on any atom is -0.383 e. The van der Waals surface area contributed by atoms with Crippen molar-refractivity contribution < 1.29 is 17.5 Å². The second-order valence-electron chi connectivity index (χ2n) is 7.24. The maximum Gasteiger partial charge on any atom is 0.243 e. The van der Waals surface area contributed by atoms with Crippen molar-refractivity contribution in [2.45, 2.75) is 30.7 Å². The first-order valence-electron chi connectivity index (χ1n) is 9.47. The number of hydrogen-bond donors (Lipinski definition) is 0. The van der Waals surface area contributed by atoms with E-state index in [2.05, 4.69) is 9.55 Å². The molecule has 0 saturated carbocycles. The van der Waals surface area contributed by atoms with Crippen molar-refractivity contribution in [3.8, 4) is 0 Å². The Morgan fingerprint density at radius 3 is 2.93 bits per heavy atom. The molecular formula is C20H23FN4O3S. The third-order valence-electron chi connectivity index (χ3n) is 5.38. The van der Waals surface area contributed by atoms with Gasteiger partial charge in [0.1, 0.15) is 11.6 Å². The summed E-state index contributed by atoms with van der Waals surface area (Å²) in [5.41, 5.74) is 2.27. The van der Waals surface area contributed by atoms with Gasteiger partial charge in [0.25, 0.3) is 0 Å². The number of methoxy groups -OCH3 is 1. The van der Waals surface area contributed by atoms with E-state index in [4.69, 9.17) is 9.72 Å². The van der Waals surface area contributed by atoms with Crippen LogP contribution >= 0.6 is 0 Å². The summed E-state index contributed by atoms with van der Waals surface area (Å²) in [6, 6.07) is 5.71. The fourth-order valence-electron chi connectivity index (χ4n) is 3.87. The molecule has 1 aromatic carbocycles. The molecule has 154 valence electrons. The Morgan fingerprint density at radius 1 is 1.31 bits per heavy atom. The molecule has 29 heavy (non-hydrogen) atoms. The molecule has 7 nitrogen and oxygen atoms in total. The minimum absolute atomic E-state index is 0.0234. The highest BCUT2D eigenvalue weighted by Crippen LogP contribution is 2.33. The molecule has 3 aromatic rings. The monoisotopic (exact) mass is 418 g/mol. The molecule has 3 heterocycles. The van der Waals surface area contributed by atoms with E-state index in [1.165, 1.54) is 16.4 Å². The lowest BCUT2D eigenvalue weighted by molar-refractivity contribution is 0.187. The van der Waals surface area contributed by atoms with Crippen LogP contribution in [0.15, 0.2) is 41.6 Å². The zero-order valence-corrected chi connectivity index (χ0v) is 17.2. The van der Waals surface area contributed by atoms with Gasteiger partial charge in [0.05, 0.1) is 28.7 Å². The summed E-state index contributed by atoms with van der Waals surface area (Å²) in [6.07, 6.45) is 4.11. The van der Waals surface area contributed by atoms with E-state index in [1.54, 1.807) is 26.4 Å². The Hall–Kier alpha value is -2.36. The maximum atomic E-state index is 13.7. The van der Waals surface area contributed by atoms with Gasteiger partial charge in [0.15, 0.2) is 0 Å². The number of imidazole rings is 1. The predicted octanol–water partition coefficient (Wildman–Crippen LogP) is 2.70. The number of aryl methyl sites for hydroxylation is 1. The molecule has 2 aromatic heterocycles. The smallest absolute Gasteiger partial charge is 0.243 e. The SMILES string of the molecule is COCCn1c(C2CCN(S(=O)(=O)c3cc(F)ccc3C)C2)nc2ccncc21. The summed E-state index contributed by atoms with van der Waals surface area (Å²) in [6.45, 7) is 3.48. The van der Waals surface area contributed by atoms with E-state index in [-0.39, 0.29) is 10.8 Å². The van der Waals surface area contributed by atoms with Crippen molar-refractivity contribution in [3.63, 3.8) is 0 Å². The third kappa shape index (κ3) is 3.65. The van der Waals surface area contributed by atoms with E-state index >= 15 is 0 Å². The molecule has 1 aliphatic rings. The highest BCUT2D eigenvalue weighted by molar-refractivity contribution is 7.89. The van der Waals surface area contributed by atoms with Crippen molar-refractivity contribution in [2.24, 2.45) is 0 Å². The van der Waals surface area contributed by atoms with E-state index in [9.17, 15) is 12.8 Å². The van der Waals surface area contributed by atoms with Crippen LogP contribution in [0.1, 0.15) is 23.7 Å². The van der Waals surface area contributed by atoms with Gasteiger partial charge in [-0.1, -0.05) is 6.07 Å². The first-order valence-corrected chi connectivity index (χ1v) is 10.9. The predicted molar refractivity (Wildman–Crippen MR) is 107 cm³/mol. The minimum atomic E-state index is -3.77. The van der Waals surface area contributed by atoms with Crippen LogP contribution in [0.25, 0.3) is 11.0 Å². The lowest BCUT2D eigenvalue weighted by Gasteiger charge is -2.18. The van der Waals surface area contributed by atoms with Gasteiger partial charge in [0.2, 0.25) is 10.0 Å². The average Bonchev–Trinajstić information content (AvgIpc) is 3.33. The van der Waals surface area contributed by atoms with Crippen LogP contribution < -0.4 is 0 Å². The number of ether oxygens (including phenoxy) is 1. The molecule has 1 unspecified atom stereocenters. The zero-order chi connectivity index (χ0) is 20.6. The summed E-state index contributed by atoms with van der Waals surface area (Å²) >= 11 is 0. The van der Waals surface area contributed by atoms with Gasteiger partial charge in [-0.15, -0.1) is 0 Å². The number of hydrogen-bond acceptors (Lipinski definition) is 5. The normalized spacial score (nSPS) is 18.0. The molecule has 0 aliphatic carbocycles. The Kier molecular flexibility index (Phi) is 5.37. The Labute approximate surface area is 169 Å². The number of sulfonamides is 1. The highest BCUT2D eigenvalue weighted by atomic mass is 32.2. The van der Waals surface area contributed by atoms with Crippen molar-refractivity contribution in [2.75, 3.05) is 26.8 Å². The Bertz CT molecular complexity index is 1150. The van der Waals surface area contributed by atoms with Gasteiger partial charge in [-0.25, -0.2) is 17.8 Å². The summed E-state index contributed by atoms with van der Waals surface area (Å²) in [7, 11) is -2.13. The standard InChI is InChI=1S/C20H23FN4O3S/c1-14-3-4-16(21)11-19(14)29(26,27)24-8-6-15(13-24)20-23-17-5-7-22-12-18(17)25(20)9-10-28-2/h3-5,7,11-12,15H,6,8-10,13H2,1-2H3. The van der Waals surface area contributed by atoms with Crippen LogP contribution in [0, 0.1) is 12.7 Å². The average molecular weight is 418 g/mol. The number of benzene rings is 1. The molecule has 1 fully saturated rings. The van der Waals surface area contributed by atoms with Crippen LogP contribution in [-0.2, 0) is 21.3 Å². The highest BCUT2D eigenvalue weighted by Gasteiger charge is 2.36. The van der Waals surface area contributed by atoms with Crippen molar-refractivity contribution in [1.29, 1.82) is 0 Å². The number of rotatable bonds is 6. The van der Waals surface area contributed by atoms with Crippen LogP contribution in [-0.4, -0.2) is 54.1 Å². The van der Waals surface area contributed by atoms with E-state index < -0.39 is 15.8 Å². The number of aromatic nitrogens is 3. The van der Waals surface area contributed by atoms with Crippen LogP contribution in [0.3, 0.4) is 0 Å². The molecule has 4 rings (SSSR count). The Balaban J connectivity index is 1.66. The molecule has 0 radical (unpaired) electrons. The lowest BCUT2D eigenvalue weighted by Crippen LogP contribution is -2.29. The molecular weight excluding hydrogens is 395 g/mol. The molecule has 1 atom stereocenters. The van der Waals surface area contributed by atoms with Crippen LogP contribution in [0.2, 0.25) is 0 Å². The van der Waals surface area contributed by atoms with Gasteiger partial charge >= 0.3 is 0 Å². The molecule has 1 aliphatic heterocycles. The lowest BCUT2D eigenvalue weighted by atomic mass is 10.1. The number of fused-ring (bicyclic) bond motifs is 1. The van der Waals surface area contributed by atoms with Crippen LogP contribution in [0.5, 0.6) is 0 Å². The fourth-order valence-corrected chi connectivity index (χ4v) is 5.60. The van der Waals surface area contributed by atoms with Crippen molar-refractivity contribution in [3.05, 3.63) is 53.9 Å². The van der Waals surface area contributed by atoms with Gasteiger partial charge in [-0.2, -0.15) is 4.31 Å². The molecule has 0 amide bonds. The summed E-state index contributed by atoms with van der Waals surface area (Å²) in [5, 5.41) is 0. The number of pyridine rings is 1. The largest absolute Gasteiger partial charge is 0.383 e. The van der Waals surface area contributed by atoms with E-state index in [0.29, 0.717) is 38.2 Å². The first kappa shape index (κ1) is 19.9. The molecule has 1 saturated heterocycles. The van der Waals surface area contributed by atoms with E-state index in [1.807, 2.05) is 6.07 Å². The quantitative estimate of drug-likeness (QED) is 0.615. The number of halogens is 1. The first-order chi connectivity index (χ1) is 13.9. The maximum absolute atomic E-state index is 13.7. The Morgan fingerprint density at radius 2 is 2.14 bits per heavy atom. The molecule has 0 spiro atoms. The second kappa shape index (κ2) is 7.81. The number of nitrogens with zero attached hydrogens (tertiary/aromatic N) is 4. The van der Waals surface area contributed by atoms with Gasteiger partial charge in [-0.3, -0.25) is 4.98 Å². The topological polar surface area (TPSA) is 77.3 Å². The van der Waals surface area contributed by atoms with Crippen LogP contribution in [0.4, 0.5) is 4.39 Å². The summed E-state index contributed by atoms with van der Waals surface area (Å²) in [4.78, 5) is 8.97. The summed E-state index contributed by atoms with van der Waals surface area (Å²) < 4.78 is 48.6. The molecule has 0 N–H and O–H groups in total. The van der Waals surface area contributed by atoms with Crippen molar-refractivity contribution in [1.82, 2.24) is 18.8 Å². The zero-order valence-electron chi connectivity index (χ0n) is 16.4. The van der Waals surface area contributed by atoms with Gasteiger partial charge < -0.3 is 9.30 Å².